The van der Waals surface area contributed by atoms with Gasteiger partial charge in [-0.15, -0.1) is 11.3 Å². The number of thiophene rings is 1. The van der Waals surface area contributed by atoms with E-state index in [0.717, 1.165) is 28.2 Å². The highest BCUT2D eigenvalue weighted by atomic mass is 32.1. The average Bonchev–Trinajstić information content (AvgIpc) is 2.89. The third-order valence-electron chi connectivity index (χ3n) is 2.97. The number of carboxylic acids is 1. The molecule has 5 nitrogen and oxygen atoms in total. The number of aryl methyl sites for hydroxylation is 1. The van der Waals surface area contributed by atoms with Crippen molar-refractivity contribution in [1.82, 2.24) is 0 Å². The molecule has 0 radical (unpaired) electrons. The fourth-order valence-electron chi connectivity index (χ4n) is 1.93. The molecule has 110 valence electrons. The Morgan fingerprint density at radius 1 is 1.33 bits per heavy atom. The predicted octanol–water partition coefficient (Wildman–Crippen LogP) is 2.94. The van der Waals surface area contributed by atoms with Crippen molar-refractivity contribution in [1.29, 1.82) is 0 Å². The second-order valence-electron chi connectivity index (χ2n) is 4.50. The summed E-state index contributed by atoms with van der Waals surface area (Å²) in [6.45, 7) is 1.92. The zero-order valence-electron chi connectivity index (χ0n) is 11.7. The zero-order valence-corrected chi connectivity index (χ0v) is 12.5. The maximum absolute atomic E-state index is 12.0. The molecule has 0 saturated heterocycles. The van der Waals surface area contributed by atoms with Gasteiger partial charge in [0.2, 0.25) is 5.91 Å². The second-order valence-corrected chi connectivity index (χ2v) is 5.41. The fourth-order valence-corrected chi connectivity index (χ4v) is 2.61. The molecule has 1 aromatic carbocycles. The maximum Gasteiger partial charge on any atom is 0.348 e. The summed E-state index contributed by atoms with van der Waals surface area (Å²) in [5, 5.41) is 13.3. The average molecular weight is 305 g/mol. The molecule has 1 heterocycles. The molecule has 1 aromatic heterocycles. The molecular weight excluding hydrogens is 290 g/mol. The van der Waals surface area contributed by atoms with Gasteiger partial charge in [0.05, 0.1) is 19.2 Å². The Kier molecular flexibility index (Phi) is 4.59. The summed E-state index contributed by atoms with van der Waals surface area (Å²) in [6.07, 6.45) is 0.158. The van der Waals surface area contributed by atoms with Crippen LogP contribution < -0.4 is 10.1 Å². The van der Waals surface area contributed by atoms with E-state index in [-0.39, 0.29) is 17.2 Å². The van der Waals surface area contributed by atoms with Gasteiger partial charge in [0.25, 0.3) is 0 Å². The van der Waals surface area contributed by atoms with E-state index in [1.54, 1.807) is 24.6 Å². The van der Waals surface area contributed by atoms with Gasteiger partial charge in [-0.3, -0.25) is 4.79 Å². The van der Waals surface area contributed by atoms with E-state index in [9.17, 15) is 9.59 Å². The number of benzene rings is 1. The Balaban J connectivity index is 2.08. The number of carbonyl (C=O) groups excluding carboxylic acids is 1. The van der Waals surface area contributed by atoms with E-state index in [1.165, 1.54) is 0 Å². The summed E-state index contributed by atoms with van der Waals surface area (Å²) >= 11 is 1.08. The lowest BCUT2D eigenvalue weighted by Gasteiger charge is -2.08. The summed E-state index contributed by atoms with van der Waals surface area (Å²) in [6, 6.07) is 7.13. The van der Waals surface area contributed by atoms with E-state index in [0.29, 0.717) is 5.69 Å². The van der Waals surface area contributed by atoms with Crippen molar-refractivity contribution in [2.45, 2.75) is 13.3 Å². The summed E-state index contributed by atoms with van der Waals surface area (Å²) in [5.74, 6) is -0.582. The number of carboxylic acid groups (broad SMARTS) is 1. The monoisotopic (exact) mass is 305 g/mol. The molecule has 2 N–H and O–H groups in total. The number of rotatable bonds is 5. The van der Waals surface area contributed by atoms with Crippen LogP contribution in [0.15, 0.2) is 29.6 Å². The minimum atomic E-state index is -1.04. The van der Waals surface area contributed by atoms with Crippen molar-refractivity contribution in [3.8, 4) is 5.75 Å². The van der Waals surface area contributed by atoms with Crippen molar-refractivity contribution in [3.63, 3.8) is 0 Å². The van der Waals surface area contributed by atoms with E-state index in [1.807, 2.05) is 19.1 Å². The van der Waals surface area contributed by atoms with Crippen LogP contribution in [-0.4, -0.2) is 24.1 Å². The Bertz CT molecular complexity index is 678. The number of aromatic carboxylic acids is 1. The van der Waals surface area contributed by atoms with Gasteiger partial charge in [0.1, 0.15) is 10.6 Å². The lowest BCUT2D eigenvalue weighted by Crippen LogP contribution is -2.15. The molecule has 0 saturated carbocycles. The third kappa shape index (κ3) is 3.61. The molecule has 0 fully saturated rings. The number of carbonyl (C=O) groups is 2. The highest BCUT2D eigenvalue weighted by molar-refractivity contribution is 7.12. The Morgan fingerprint density at radius 2 is 2.10 bits per heavy atom. The quantitative estimate of drug-likeness (QED) is 0.890. The van der Waals surface area contributed by atoms with Crippen molar-refractivity contribution < 1.29 is 19.4 Å². The Hall–Kier alpha value is -2.34. The van der Waals surface area contributed by atoms with Gasteiger partial charge in [-0.05, 0) is 35.6 Å². The molecule has 0 atom stereocenters. The summed E-state index contributed by atoms with van der Waals surface area (Å²) in [4.78, 5) is 23.1. The van der Waals surface area contributed by atoms with Crippen LogP contribution in [0.4, 0.5) is 5.69 Å². The Labute approximate surface area is 126 Å². The summed E-state index contributed by atoms with van der Waals surface area (Å²) in [7, 11) is 1.58. The van der Waals surface area contributed by atoms with Gasteiger partial charge in [-0.25, -0.2) is 4.79 Å². The second kappa shape index (κ2) is 6.41. The van der Waals surface area contributed by atoms with E-state index < -0.39 is 5.97 Å². The molecule has 0 aliphatic carbocycles. The minimum absolute atomic E-state index is 0.129. The van der Waals surface area contributed by atoms with Crippen molar-refractivity contribution in [2.24, 2.45) is 0 Å². The van der Waals surface area contributed by atoms with E-state index in [4.69, 9.17) is 9.84 Å². The number of hydrogen-bond donors (Lipinski definition) is 2. The molecule has 2 aromatic rings. The van der Waals surface area contributed by atoms with Crippen LogP contribution in [0.2, 0.25) is 0 Å². The highest BCUT2D eigenvalue weighted by Crippen LogP contribution is 2.23. The number of hydrogen-bond acceptors (Lipinski definition) is 4. The number of nitrogens with one attached hydrogen (secondary N) is 1. The first kappa shape index (κ1) is 15.1. The summed E-state index contributed by atoms with van der Waals surface area (Å²) in [5.41, 5.74) is 2.13. The molecule has 2 rings (SSSR count). The lowest BCUT2D eigenvalue weighted by molar-refractivity contribution is -0.115. The first-order valence-electron chi connectivity index (χ1n) is 6.25. The number of amides is 1. The lowest BCUT2D eigenvalue weighted by atomic mass is 10.1. The third-order valence-corrected chi connectivity index (χ3v) is 3.87. The molecule has 0 aliphatic rings. The van der Waals surface area contributed by atoms with E-state index in [2.05, 4.69) is 5.32 Å². The molecule has 21 heavy (non-hydrogen) atoms. The smallest absolute Gasteiger partial charge is 0.348 e. The standard InChI is InChI=1S/C15H15NO4S/c1-9-3-4-10(7-12(9)20-2)8-13(17)16-11-5-6-21-14(11)15(18)19/h3-7H,8H2,1-2H3,(H,16,17)(H,18,19). The Morgan fingerprint density at radius 3 is 2.76 bits per heavy atom. The fraction of sp³-hybridized carbons (Fsp3) is 0.200. The SMILES string of the molecule is COc1cc(CC(=O)Nc2ccsc2C(=O)O)ccc1C. The summed E-state index contributed by atoms with van der Waals surface area (Å²) < 4.78 is 5.22. The van der Waals surface area contributed by atoms with Crippen LogP contribution in [0.5, 0.6) is 5.75 Å². The van der Waals surface area contributed by atoms with Crippen LogP contribution >= 0.6 is 11.3 Å². The van der Waals surface area contributed by atoms with Gasteiger partial charge in [-0.1, -0.05) is 12.1 Å². The first-order valence-corrected chi connectivity index (χ1v) is 7.13. The number of methoxy groups -OCH3 is 1. The number of ether oxygens (including phenoxy) is 1. The van der Waals surface area contributed by atoms with Gasteiger partial charge >= 0.3 is 5.97 Å². The van der Waals surface area contributed by atoms with Crippen molar-refractivity contribution in [3.05, 3.63) is 45.6 Å². The van der Waals surface area contributed by atoms with Crippen LogP contribution in [0.3, 0.4) is 0 Å². The number of anilines is 1. The largest absolute Gasteiger partial charge is 0.496 e. The molecule has 1 amide bonds. The predicted molar refractivity (Wildman–Crippen MR) is 81.3 cm³/mol. The first-order chi connectivity index (χ1) is 10.0. The van der Waals surface area contributed by atoms with Crippen LogP contribution in [0, 0.1) is 6.92 Å². The van der Waals surface area contributed by atoms with Gasteiger partial charge in [0.15, 0.2) is 0 Å². The molecule has 0 bridgehead atoms. The van der Waals surface area contributed by atoms with Gasteiger partial charge in [-0.2, -0.15) is 0 Å². The normalized spacial score (nSPS) is 10.2. The van der Waals surface area contributed by atoms with Crippen molar-refractivity contribution >= 4 is 28.9 Å². The van der Waals surface area contributed by atoms with Gasteiger partial charge in [0, 0.05) is 0 Å². The molecular formula is C15H15NO4S. The van der Waals surface area contributed by atoms with Gasteiger partial charge < -0.3 is 15.2 Å². The molecule has 0 unspecified atom stereocenters. The van der Waals surface area contributed by atoms with Crippen LogP contribution in [0.1, 0.15) is 20.8 Å². The maximum atomic E-state index is 12.0. The topological polar surface area (TPSA) is 75.6 Å². The van der Waals surface area contributed by atoms with E-state index >= 15 is 0 Å². The molecule has 0 spiro atoms. The van der Waals surface area contributed by atoms with Crippen molar-refractivity contribution in [2.75, 3.05) is 12.4 Å². The molecule has 6 heteroatoms. The highest BCUT2D eigenvalue weighted by Gasteiger charge is 2.14. The van der Waals surface area contributed by atoms with Crippen LogP contribution in [0.25, 0.3) is 0 Å². The van der Waals surface area contributed by atoms with Crippen LogP contribution in [-0.2, 0) is 11.2 Å². The zero-order chi connectivity index (χ0) is 15.4. The molecule has 0 aliphatic heterocycles. The minimum Gasteiger partial charge on any atom is -0.496 e.